The number of carbonyl (C=O) groups is 1. The summed E-state index contributed by atoms with van der Waals surface area (Å²) in [5.41, 5.74) is 0.598. The lowest BCUT2D eigenvalue weighted by Crippen LogP contribution is -2.10. The lowest BCUT2D eigenvalue weighted by atomic mass is 10.2. The van der Waals surface area contributed by atoms with Crippen LogP contribution in [0, 0.1) is 0 Å². The normalized spacial score (nSPS) is 10.2. The van der Waals surface area contributed by atoms with Gasteiger partial charge in [0.2, 0.25) is 5.91 Å². The molecule has 2 rings (SSSR count). The Morgan fingerprint density at radius 1 is 1.29 bits per heavy atom. The summed E-state index contributed by atoms with van der Waals surface area (Å²) in [5.74, 6) is 1.30. The molecular weight excluding hydrogens is 274 g/mol. The summed E-state index contributed by atoms with van der Waals surface area (Å²) in [6.45, 7) is 1.92. The Morgan fingerprint density at radius 3 is 2.76 bits per heavy atom. The maximum Gasteiger partial charge on any atom is 0.322 e. The van der Waals surface area contributed by atoms with E-state index in [4.69, 9.17) is 13.9 Å². The Kier molecular flexibility index (Phi) is 4.76. The molecule has 0 bridgehead atoms. The van der Waals surface area contributed by atoms with Gasteiger partial charge in [-0.3, -0.25) is 10.1 Å². The second-order valence-corrected chi connectivity index (χ2v) is 4.28. The number of ether oxygens (including phenoxy) is 2. The Balaban J connectivity index is 2.26. The van der Waals surface area contributed by atoms with E-state index in [0.29, 0.717) is 23.5 Å². The summed E-state index contributed by atoms with van der Waals surface area (Å²) in [6, 6.07) is 5.30. The highest BCUT2D eigenvalue weighted by Gasteiger charge is 2.15. The average Bonchev–Trinajstić information content (AvgIpc) is 2.95. The summed E-state index contributed by atoms with van der Waals surface area (Å²) in [5, 5.41) is 10.3. The van der Waals surface area contributed by atoms with E-state index in [1.807, 2.05) is 6.92 Å². The van der Waals surface area contributed by atoms with Crippen molar-refractivity contribution < 1.29 is 18.7 Å². The smallest absolute Gasteiger partial charge is 0.322 e. The Morgan fingerprint density at radius 2 is 2.10 bits per heavy atom. The minimum Gasteiger partial charge on any atom is -0.497 e. The van der Waals surface area contributed by atoms with E-state index < -0.39 is 0 Å². The van der Waals surface area contributed by atoms with Crippen LogP contribution >= 0.6 is 0 Å². The number of aromatic nitrogens is 2. The highest BCUT2D eigenvalue weighted by Crippen LogP contribution is 2.33. The van der Waals surface area contributed by atoms with Gasteiger partial charge in [0.1, 0.15) is 11.5 Å². The average molecular weight is 291 g/mol. The van der Waals surface area contributed by atoms with Gasteiger partial charge in [-0.25, -0.2) is 0 Å². The maximum absolute atomic E-state index is 11.5. The van der Waals surface area contributed by atoms with Gasteiger partial charge < -0.3 is 13.9 Å². The number of hydrogen-bond acceptors (Lipinski definition) is 6. The third-order valence-electron chi connectivity index (χ3n) is 2.79. The first-order valence-electron chi connectivity index (χ1n) is 6.53. The predicted octanol–water partition coefficient (Wildman–Crippen LogP) is 2.49. The summed E-state index contributed by atoms with van der Waals surface area (Å²) in [7, 11) is 3.11. The van der Waals surface area contributed by atoms with Gasteiger partial charge >= 0.3 is 6.01 Å². The molecule has 7 heteroatoms. The van der Waals surface area contributed by atoms with Crippen LogP contribution in [0.4, 0.5) is 6.01 Å². The van der Waals surface area contributed by atoms with Crippen molar-refractivity contribution in [2.45, 2.75) is 19.8 Å². The number of nitrogens with one attached hydrogen (secondary N) is 1. The van der Waals surface area contributed by atoms with Crippen molar-refractivity contribution >= 4 is 11.9 Å². The topological polar surface area (TPSA) is 86.5 Å². The number of hydrogen-bond donors (Lipinski definition) is 1. The third kappa shape index (κ3) is 3.50. The molecule has 0 atom stereocenters. The SMILES string of the molecule is CCCC(=O)Nc1nnc(-c2cc(OC)ccc2OC)o1. The molecule has 0 aliphatic carbocycles. The number of carbonyl (C=O) groups excluding carboxylic acids is 1. The van der Waals surface area contributed by atoms with Gasteiger partial charge in [0.05, 0.1) is 19.8 Å². The van der Waals surface area contributed by atoms with E-state index in [0.717, 1.165) is 6.42 Å². The summed E-state index contributed by atoms with van der Waals surface area (Å²) in [6.07, 6.45) is 1.15. The summed E-state index contributed by atoms with van der Waals surface area (Å²) < 4.78 is 15.9. The van der Waals surface area contributed by atoms with Crippen LogP contribution in [0.15, 0.2) is 22.6 Å². The number of benzene rings is 1. The molecule has 0 radical (unpaired) electrons. The second-order valence-electron chi connectivity index (χ2n) is 4.28. The van der Waals surface area contributed by atoms with Crippen LogP contribution in [-0.2, 0) is 4.79 Å². The first kappa shape index (κ1) is 14.8. The molecule has 2 aromatic rings. The molecule has 1 heterocycles. The van der Waals surface area contributed by atoms with Crippen LogP contribution in [-0.4, -0.2) is 30.3 Å². The van der Waals surface area contributed by atoms with Crippen LogP contribution < -0.4 is 14.8 Å². The highest BCUT2D eigenvalue weighted by atomic mass is 16.5. The molecule has 0 saturated carbocycles. The van der Waals surface area contributed by atoms with E-state index in [2.05, 4.69) is 15.5 Å². The molecule has 1 aromatic carbocycles. The monoisotopic (exact) mass is 291 g/mol. The van der Waals surface area contributed by atoms with Crippen molar-refractivity contribution in [1.29, 1.82) is 0 Å². The van der Waals surface area contributed by atoms with Crippen LogP contribution in [0.25, 0.3) is 11.5 Å². The predicted molar refractivity (Wildman–Crippen MR) is 76.4 cm³/mol. The Bertz CT molecular complexity index is 624. The van der Waals surface area contributed by atoms with Gasteiger partial charge in [-0.2, -0.15) is 0 Å². The van der Waals surface area contributed by atoms with Gasteiger partial charge in [-0.05, 0) is 24.6 Å². The van der Waals surface area contributed by atoms with Crippen molar-refractivity contribution in [2.24, 2.45) is 0 Å². The van der Waals surface area contributed by atoms with Crippen LogP contribution in [0.5, 0.6) is 11.5 Å². The molecule has 112 valence electrons. The first-order valence-corrected chi connectivity index (χ1v) is 6.53. The highest BCUT2D eigenvalue weighted by molar-refractivity contribution is 5.88. The summed E-state index contributed by atoms with van der Waals surface area (Å²) in [4.78, 5) is 11.5. The zero-order valence-corrected chi connectivity index (χ0v) is 12.2. The second kappa shape index (κ2) is 6.74. The molecule has 0 spiro atoms. The van der Waals surface area contributed by atoms with Crippen molar-refractivity contribution in [3.8, 4) is 23.0 Å². The fourth-order valence-corrected chi connectivity index (χ4v) is 1.77. The van der Waals surface area contributed by atoms with E-state index in [9.17, 15) is 4.79 Å². The van der Waals surface area contributed by atoms with Crippen molar-refractivity contribution in [3.05, 3.63) is 18.2 Å². The molecular formula is C14H17N3O4. The van der Waals surface area contributed by atoms with Gasteiger partial charge in [0.25, 0.3) is 5.89 Å². The van der Waals surface area contributed by atoms with E-state index in [-0.39, 0.29) is 17.8 Å². The minimum atomic E-state index is -0.162. The van der Waals surface area contributed by atoms with Crippen LogP contribution in [0.2, 0.25) is 0 Å². The zero-order valence-electron chi connectivity index (χ0n) is 12.2. The quantitative estimate of drug-likeness (QED) is 0.880. The first-order chi connectivity index (χ1) is 10.2. The molecule has 21 heavy (non-hydrogen) atoms. The van der Waals surface area contributed by atoms with Gasteiger partial charge in [-0.1, -0.05) is 12.0 Å². The van der Waals surface area contributed by atoms with Crippen molar-refractivity contribution in [2.75, 3.05) is 19.5 Å². The molecule has 1 amide bonds. The number of methoxy groups -OCH3 is 2. The Hall–Kier alpha value is -2.57. The molecule has 0 unspecified atom stereocenters. The molecule has 7 nitrogen and oxygen atoms in total. The van der Waals surface area contributed by atoms with Gasteiger partial charge in [0.15, 0.2) is 0 Å². The largest absolute Gasteiger partial charge is 0.497 e. The van der Waals surface area contributed by atoms with E-state index in [1.165, 1.54) is 0 Å². The molecule has 0 aliphatic heterocycles. The molecule has 0 saturated heterocycles. The van der Waals surface area contributed by atoms with Gasteiger partial charge in [-0.15, -0.1) is 5.10 Å². The Labute approximate surface area is 122 Å². The molecule has 1 aromatic heterocycles. The van der Waals surface area contributed by atoms with Crippen LogP contribution in [0.1, 0.15) is 19.8 Å². The zero-order chi connectivity index (χ0) is 15.2. The molecule has 0 aliphatic rings. The number of nitrogens with zero attached hydrogens (tertiary/aromatic N) is 2. The summed E-state index contributed by atoms with van der Waals surface area (Å²) >= 11 is 0. The van der Waals surface area contributed by atoms with E-state index in [1.54, 1.807) is 32.4 Å². The lowest BCUT2D eigenvalue weighted by Gasteiger charge is -2.07. The van der Waals surface area contributed by atoms with Gasteiger partial charge in [0, 0.05) is 6.42 Å². The third-order valence-corrected chi connectivity index (χ3v) is 2.79. The standard InChI is InChI=1S/C14H17N3O4/c1-4-5-12(18)15-14-17-16-13(21-14)10-8-9(19-2)6-7-11(10)20-3/h6-8H,4-5H2,1-3H3,(H,15,17,18). The van der Waals surface area contributed by atoms with Crippen molar-refractivity contribution in [3.63, 3.8) is 0 Å². The van der Waals surface area contributed by atoms with E-state index >= 15 is 0 Å². The minimum absolute atomic E-state index is 0.0633. The molecule has 1 N–H and O–H groups in total. The maximum atomic E-state index is 11.5. The lowest BCUT2D eigenvalue weighted by molar-refractivity contribution is -0.116. The van der Waals surface area contributed by atoms with Crippen LogP contribution in [0.3, 0.4) is 0 Å². The number of anilines is 1. The fourth-order valence-electron chi connectivity index (χ4n) is 1.77. The fraction of sp³-hybridized carbons (Fsp3) is 0.357. The van der Waals surface area contributed by atoms with Crippen molar-refractivity contribution in [1.82, 2.24) is 10.2 Å². The molecule has 0 fully saturated rings. The number of rotatable bonds is 6. The number of amides is 1.